The minimum atomic E-state index is -3.68. The van der Waals surface area contributed by atoms with E-state index in [1.807, 2.05) is 73.7 Å². The van der Waals surface area contributed by atoms with Crippen LogP contribution in [0.4, 0.5) is 0 Å². The van der Waals surface area contributed by atoms with Crippen molar-refractivity contribution in [2.24, 2.45) is 0 Å². The third-order valence-electron chi connectivity index (χ3n) is 4.95. The number of aromatic nitrogens is 1. The van der Waals surface area contributed by atoms with E-state index in [1.54, 1.807) is 19.2 Å². The van der Waals surface area contributed by atoms with Crippen molar-refractivity contribution in [1.82, 2.24) is 3.97 Å². The van der Waals surface area contributed by atoms with E-state index < -0.39 is 10.0 Å². The molecule has 0 N–H and O–H groups in total. The van der Waals surface area contributed by atoms with E-state index in [-0.39, 0.29) is 0 Å². The zero-order valence-electron chi connectivity index (χ0n) is 17.2. The maximum Gasteiger partial charge on any atom is 0.264 e. The lowest BCUT2D eigenvalue weighted by molar-refractivity contribution is 0.593. The average Bonchev–Trinajstić information content (AvgIpc) is 2.93. The lowest BCUT2D eigenvalue weighted by Crippen LogP contribution is -2.14. The molecule has 0 fully saturated rings. The lowest BCUT2D eigenvalue weighted by atomic mass is 10.0. The summed E-state index contributed by atoms with van der Waals surface area (Å²) in [6.45, 7) is 5.66. The maximum atomic E-state index is 13.4. The molecule has 0 atom stereocenters. The molecule has 0 unspecified atom stereocenters. The third kappa shape index (κ3) is 4.43. The van der Waals surface area contributed by atoms with E-state index in [9.17, 15) is 8.42 Å². The fourth-order valence-corrected chi connectivity index (χ4v) is 4.53. The van der Waals surface area contributed by atoms with Crippen LogP contribution in [0, 0.1) is 0 Å². The first kappa shape index (κ1) is 20.9. The van der Waals surface area contributed by atoms with Crippen molar-refractivity contribution in [1.29, 1.82) is 0 Å². The van der Waals surface area contributed by atoms with Crippen LogP contribution in [0.5, 0.6) is 0 Å². The van der Waals surface area contributed by atoms with Crippen LogP contribution >= 0.6 is 0 Å². The fourth-order valence-electron chi connectivity index (χ4n) is 3.31. The summed E-state index contributed by atoms with van der Waals surface area (Å²) < 4.78 is 28.2. The molecule has 1 aliphatic rings. The third-order valence-corrected chi connectivity index (χ3v) is 6.72. The van der Waals surface area contributed by atoms with Gasteiger partial charge in [-0.25, -0.2) is 12.4 Å². The van der Waals surface area contributed by atoms with Gasteiger partial charge in [0.1, 0.15) is 0 Å². The van der Waals surface area contributed by atoms with Crippen molar-refractivity contribution in [2.45, 2.75) is 33.6 Å². The second kappa shape index (κ2) is 9.10. The standard InChI is InChI=1S/C25H27NO2S/c1-4-12-21(5-2)18-17-20(3)29(27,28)26-19-24(22-13-8-6-9-14-22)23-15-10-7-11-16-25(23)26/h4,6,8-19H,5,7H2,1-3H3/b12-4-,20-17+,21-18-. The molecule has 1 aliphatic carbocycles. The quantitative estimate of drug-likeness (QED) is 0.509. The van der Waals surface area contributed by atoms with Crippen LogP contribution in [0.25, 0.3) is 23.3 Å². The Bertz CT molecular complexity index is 1120. The Hall–Kier alpha value is -2.85. The number of nitrogens with zero attached hydrogens (tertiary/aromatic N) is 1. The van der Waals surface area contributed by atoms with E-state index in [1.165, 1.54) is 3.97 Å². The lowest BCUT2D eigenvalue weighted by Gasteiger charge is -2.09. The molecule has 2 aromatic rings. The first-order valence-electron chi connectivity index (χ1n) is 9.88. The van der Waals surface area contributed by atoms with Gasteiger partial charge in [0.05, 0.1) is 10.6 Å². The average molecular weight is 406 g/mol. The van der Waals surface area contributed by atoms with Crippen LogP contribution in [0.2, 0.25) is 0 Å². The topological polar surface area (TPSA) is 39.1 Å². The molecule has 0 spiro atoms. The molecule has 1 aromatic heterocycles. The first-order chi connectivity index (χ1) is 14.0. The minimum Gasteiger partial charge on any atom is -0.241 e. The molecule has 3 rings (SSSR count). The van der Waals surface area contributed by atoms with Crippen molar-refractivity contribution in [3.8, 4) is 11.1 Å². The largest absolute Gasteiger partial charge is 0.264 e. The smallest absolute Gasteiger partial charge is 0.241 e. The normalized spacial score (nSPS) is 15.0. The Morgan fingerprint density at radius 1 is 1.10 bits per heavy atom. The first-order valence-corrected chi connectivity index (χ1v) is 11.3. The van der Waals surface area contributed by atoms with Crippen LogP contribution in [-0.4, -0.2) is 12.4 Å². The summed E-state index contributed by atoms with van der Waals surface area (Å²) in [5, 5.41) is 0. The number of benzene rings is 1. The second-order valence-corrected chi connectivity index (χ2v) is 8.91. The molecule has 1 heterocycles. The van der Waals surface area contributed by atoms with Gasteiger partial charge in [0.15, 0.2) is 0 Å². The molecule has 29 heavy (non-hydrogen) atoms. The zero-order chi connectivity index (χ0) is 20.9. The molecule has 0 bridgehead atoms. The van der Waals surface area contributed by atoms with Gasteiger partial charge in [-0.3, -0.25) is 0 Å². The van der Waals surface area contributed by atoms with Crippen LogP contribution < -0.4 is 0 Å². The van der Waals surface area contributed by atoms with Gasteiger partial charge in [-0.1, -0.05) is 73.7 Å². The van der Waals surface area contributed by atoms with E-state index in [0.717, 1.165) is 35.1 Å². The highest BCUT2D eigenvalue weighted by Gasteiger charge is 2.23. The predicted molar refractivity (Wildman–Crippen MR) is 124 cm³/mol. The summed E-state index contributed by atoms with van der Waals surface area (Å²) in [7, 11) is -3.68. The summed E-state index contributed by atoms with van der Waals surface area (Å²) in [5.74, 6) is 0. The monoisotopic (exact) mass is 405 g/mol. The van der Waals surface area contributed by atoms with Crippen LogP contribution in [0.15, 0.2) is 83.5 Å². The van der Waals surface area contributed by atoms with Crippen LogP contribution in [0.1, 0.15) is 44.9 Å². The van der Waals surface area contributed by atoms with Crippen molar-refractivity contribution in [3.63, 3.8) is 0 Å². The Balaban J connectivity index is 2.15. The number of rotatable bonds is 6. The number of hydrogen-bond acceptors (Lipinski definition) is 2. The molecule has 0 aliphatic heterocycles. The van der Waals surface area contributed by atoms with Gasteiger partial charge in [-0.15, -0.1) is 0 Å². The van der Waals surface area contributed by atoms with Crippen molar-refractivity contribution in [2.75, 3.05) is 0 Å². The molecule has 150 valence electrons. The van der Waals surface area contributed by atoms with Gasteiger partial charge in [0.25, 0.3) is 10.0 Å². The molecule has 0 radical (unpaired) electrons. The molecular formula is C25H27NO2S. The Kier molecular flexibility index (Phi) is 6.55. The summed E-state index contributed by atoms with van der Waals surface area (Å²) in [6, 6.07) is 9.90. The number of allylic oxidation sites excluding steroid dienone is 8. The highest BCUT2D eigenvalue weighted by atomic mass is 32.2. The van der Waals surface area contributed by atoms with Crippen molar-refractivity contribution < 1.29 is 8.42 Å². The second-order valence-electron chi connectivity index (χ2n) is 6.92. The predicted octanol–water partition coefficient (Wildman–Crippen LogP) is 6.58. The SMILES string of the molecule is C\C=C/C(=C\C=C(/C)S(=O)(=O)n1cc(-c2ccccc2)c2c1C=CCC=C2)CC. The van der Waals surface area contributed by atoms with E-state index in [2.05, 4.69) is 13.0 Å². The van der Waals surface area contributed by atoms with E-state index in [0.29, 0.717) is 10.6 Å². The fraction of sp³-hybridized carbons (Fsp3) is 0.200. The maximum absolute atomic E-state index is 13.4. The summed E-state index contributed by atoms with van der Waals surface area (Å²) in [5.41, 5.74) is 4.62. The number of fused-ring (bicyclic) bond motifs is 1. The van der Waals surface area contributed by atoms with Gasteiger partial charge in [0.2, 0.25) is 0 Å². The Morgan fingerprint density at radius 2 is 1.83 bits per heavy atom. The van der Waals surface area contributed by atoms with Gasteiger partial charge >= 0.3 is 0 Å². The van der Waals surface area contributed by atoms with Crippen LogP contribution in [-0.2, 0) is 10.0 Å². The van der Waals surface area contributed by atoms with Crippen LogP contribution in [0.3, 0.4) is 0 Å². The highest BCUT2D eigenvalue weighted by molar-refractivity contribution is 7.93. The minimum absolute atomic E-state index is 0.312. The number of hydrogen-bond donors (Lipinski definition) is 0. The molecule has 0 saturated heterocycles. The summed E-state index contributed by atoms with van der Waals surface area (Å²) in [6.07, 6.45) is 18.9. The Labute approximate surface area is 174 Å². The molecule has 1 aromatic carbocycles. The van der Waals surface area contributed by atoms with Gasteiger partial charge in [-0.05, 0) is 50.0 Å². The summed E-state index contributed by atoms with van der Waals surface area (Å²) in [4.78, 5) is 0.312. The van der Waals surface area contributed by atoms with Crippen molar-refractivity contribution in [3.05, 3.63) is 94.7 Å². The molecule has 0 amide bonds. The van der Waals surface area contributed by atoms with Gasteiger partial charge in [-0.2, -0.15) is 0 Å². The highest BCUT2D eigenvalue weighted by Crippen LogP contribution is 2.34. The van der Waals surface area contributed by atoms with E-state index in [4.69, 9.17) is 0 Å². The summed E-state index contributed by atoms with van der Waals surface area (Å²) >= 11 is 0. The zero-order valence-corrected chi connectivity index (χ0v) is 18.0. The molecular weight excluding hydrogens is 378 g/mol. The Morgan fingerprint density at radius 3 is 2.52 bits per heavy atom. The van der Waals surface area contributed by atoms with Gasteiger partial charge in [0, 0.05) is 17.3 Å². The van der Waals surface area contributed by atoms with Gasteiger partial charge < -0.3 is 0 Å². The molecule has 0 saturated carbocycles. The van der Waals surface area contributed by atoms with Crippen molar-refractivity contribution >= 4 is 22.2 Å². The molecule has 3 nitrogen and oxygen atoms in total. The molecule has 4 heteroatoms. The van der Waals surface area contributed by atoms with E-state index >= 15 is 0 Å².